The van der Waals surface area contributed by atoms with E-state index in [0.717, 1.165) is 0 Å². The standard InChI is InChI=1S/C24H30ClN5O8/c1-11(2)21(33)35-9-24(5)14(37-22(34)12(3)4)8-15(38-24)30-10-26-17-18(28-23(25)29-19(17)30)27-20(32)13-6-7-16(31)36-13/h10-15H,6-9H2,1-5H3,(H,27,28,29,32)/t13-,14+,15-,24-/m1/s1. The van der Waals surface area contributed by atoms with E-state index in [1.54, 1.807) is 39.2 Å². The van der Waals surface area contributed by atoms with Crippen molar-refractivity contribution in [3.05, 3.63) is 11.6 Å². The van der Waals surface area contributed by atoms with E-state index in [1.165, 1.54) is 6.33 Å². The first kappa shape index (κ1) is 27.7. The van der Waals surface area contributed by atoms with E-state index < -0.39 is 47.9 Å². The highest BCUT2D eigenvalue weighted by atomic mass is 35.5. The fraction of sp³-hybridized carbons (Fsp3) is 0.625. The monoisotopic (exact) mass is 551 g/mol. The molecule has 4 heterocycles. The van der Waals surface area contributed by atoms with E-state index in [2.05, 4.69) is 20.3 Å². The molecule has 0 saturated carbocycles. The van der Waals surface area contributed by atoms with E-state index in [1.807, 2.05) is 0 Å². The lowest BCUT2D eigenvalue weighted by molar-refractivity contribution is -0.177. The molecule has 2 aromatic heterocycles. The third-order valence-corrected chi connectivity index (χ3v) is 6.50. The van der Waals surface area contributed by atoms with E-state index in [9.17, 15) is 19.2 Å². The summed E-state index contributed by atoms with van der Waals surface area (Å²) in [6.07, 6.45) is -0.337. The Morgan fingerprint density at radius 1 is 1.21 bits per heavy atom. The summed E-state index contributed by atoms with van der Waals surface area (Å²) in [6, 6.07) is 0. The summed E-state index contributed by atoms with van der Waals surface area (Å²) < 4.78 is 24.1. The molecule has 2 fully saturated rings. The predicted octanol–water partition coefficient (Wildman–Crippen LogP) is 2.57. The van der Waals surface area contributed by atoms with Gasteiger partial charge in [0.05, 0.1) is 18.2 Å². The van der Waals surface area contributed by atoms with Gasteiger partial charge in [0.1, 0.15) is 24.5 Å². The number of halogens is 1. The van der Waals surface area contributed by atoms with Crippen LogP contribution in [0.15, 0.2) is 6.33 Å². The number of esters is 3. The Bertz CT molecular complexity index is 1260. The Morgan fingerprint density at radius 2 is 1.92 bits per heavy atom. The first-order valence-electron chi connectivity index (χ1n) is 12.3. The molecule has 0 aromatic carbocycles. The summed E-state index contributed by atoms with van der Waals surface area (Å²) in [6.45, 7) is 8.43. The zero-order chi connectivity index (χ0) is 27.8. The van der Waals surface area contributed by atoms with Crippen molar-refractivity contribution in [1.82, 2.24) is 19.5 Å². The number of fused-ring (bicyclic) bond motifs is 1. The fourth-order valence-corrected chi connectivity index (χ4v) is 4.25. The minimum absolute atomic E-state index is 0.0427. The van der Waals surface area contributed by atoms with Crippen LogP contribution < -0.4 is 5.32 Å². The van der Waals surface area contributed by atoms with Gasteiger partial charge in [0, 0.05) is 19.3 Å². The molecule has 13 nitrogen and oxygen atoms in total. The molecule has 0 bridgehead atoms. The highest BCUT2D eigenvalue weighted by molar-refractivity contribution is 6.28. The van der Waals surface area contributed by atoms with Gasteiger partial charge in [-0.05, 0) is 18.5 Å². The molecular formula is C24H30ClN5O8. The van der Waals surface area contributed by atoms with Gasteiger partial charge in [0.25, 0.3) is 5.91 Å². The minimum Gasteiger partial charge on any atom is -0.462 e. The second-order valence-corrected chi connectivity index (χ2v) is 10.5. The number of anilines is 1. The van der Waals surface area contributed by atoms with Gasteiger partial charge in [-0.1, -0.05) is 27.7 Å². The van der Waals surface area contributed by atoms with Gasteiger partial charge in [-0.2, -0.15) is 9.97 Å². The number of imidazole rings is 1. The van der Waals surface area contributed by atoms with Gasteiger partial charge in [-0.25, -0.2) is 4.98 Å². The van der Waals surface area contributed by atoms with Crippen LogP contribution in [0.1, 0.15) is 60.1 Å². The summed E-state index contributed by atoms with van der Waals surface area (Å²) >= 11 is 6.16. The number of aromatic nitrogens is 4. The zero-order valence-corrected chi connectivity index (χ0v) is 22.5. The Hall–Kier alpha value is -3.32. The molecule has 14 heteroatoms. The summed E-state index contributed by atoms with van der Waals surface area (Å²) in [5.74, 6) is -2.51. The second kappa shape index (κ2) is 10.8. The van der Waals surface area contributed by atoms with Crippen molar-refractivity contribution in [2.75, 3.05) is 11.9 Å². The molecule has 0 spiro atoms. The van der Waals surface area contributed by atoms with E-state index in [-0.39, 0.29) is 60.0 Å². The first-order valence-corrected chi connectivity index (χ1v) is 12.7. The lowest BCUT2D eigenvalue weighted by Crippen LogP contribution is -2.44. The van der Waals surface area contributed by atoms with Gasteiger partial charge in [-0.15, -0.1) is 0 Å². The van der Waals surface area contributed by atoms with Crippen molar-refractivity contribution in [3.63, 3.8) is 0 Å². The summed E-state index contributed by atoms with van der Waals surface area (Å²) in [5.41, 5.74) is -0.673. The van der Waals surface area contributed by atoms with Gasteiger partial charge in [0.15, 0.2) is 23.1 Å². The smallest absolute Gasteiger partial charge is 0.308 e. The molecule has 2 aliphatic rings. The van der Waals surface area contributed by atoms with Gasteiger partial charge < -0.3 is 24.3 Å². The number of ether oxygens (including phenoxy) is 4. The number of carbonyl (C=O) groups excluding carboxylic acids is 4. The predicted molar refractivity (Wildman–Crippen MR) is 132 cm³/mol. The van der Waals surface area contributed by atoms with Gasteiger partial charge in [-0.3, -0.25) is 23.7 Å². The number of carbonyl (C=O) groups is 4. The van der Waals surface area contributed by atoms with Crippen LogP contribution in [-0.2, 0) is 38.1 Å². The Balaban J connectivity index is 1.61. The van der Waals surface area contributed by atoms with Crippen molar-refractivity contribution in [2.45, 2.75) is 77.9 Å². The molecular weight excluding hydrogens is 522 g/mol. The highest BCUT2D eigenvalue weighted by Crippen LogP contribution is 2.41. The normalized spacial score (nSPS) is 25.2. The van der Waals surface area contributed by atoms with Crippen molar-refractivity contribution >= 4 is 52.4 Å². The van der Waals surface area contributed by atoms with Crippen LogP contribution in [-0.4, -0.2) is 67.7 Å². The molecule has 0 aliphatic carbocycles. The maximum absolute atomic E-state index is 12.6. The molecule has 38 heavy (non-hydrogen) atoms. The molecule has 206 valence electrons. The van der Waals surface area contributed by atoms with Crippen LogP contribution >= 0.6 is 11.6 Å². The van der Waals surface area contributed by atoms with Crippen LogP contribution in [0.2, 0.25) is 5.28 Å². The third-order valence-electron chi connectivity index (χ3n) is 6.33. The zero-order valence-electron chi connectivity index (χ0n) is 21.7. The second-order valence-electron chi connectivity index (χ2n) is 10.1. The van der Waals surface area contributed by atoms with E-state index in [0.29, 0.717) is 0 Å². The third kappa shape index (κ3) is 5.73. The molecule has 1 N–H and O–H groups in total. The Morgan fingerprint density at radius 3 is 2.55 bits per heavy atom. The minimum atomic E-state index is -1.16. The first-order chi connectivity index (χ1) is 17.9. The maximum Gasteiger partial charge on any atom is 0.308 e. The number of nitrogens with zero attached hydrogens (tertiary/aromatic N) is 4. The van der Waals surface area contributed by atoms with Crippen molar-refractivity contribution in [2.24, 2.45) is 11.8 Å². The number of nitrogens with one attached hydrogen (secondary N) is 1. The molecule has 2 aromatic rings. The SMILES string of the molecule is CC(C)C(=O)OC[C@@]1(C)O[C@@H](n2cnc3c(NC(=O)[C@H]4CCC(=O)O4)nc(Cl)nc32)C[C@@H]1OC(=O)C(C)C. The van der Waals surface area contributed by atoms with Crippen LogP contribution in [0, 0.1) is 11.8 Å². The molecule has 0 unspecified atom stereocenters. The van der Waals surface area contributed by atoms with Crippen molar-refractivity contribution in [3.8, 4) is 0 Å². The quantitative estimate of drug-likeness (QED) is 0.291. The topological polar surface area (TPSA) is 161 Å². The van der Waals surface area contributed by atoms with Crippen molar-refractivity contribution < 1.29 is 38.1 Å². The van der Waals surface area contributed by atoms with Crippen LogP contribution in [0.25, 0.3) is 11.2 Å². The number of amides is 1. The van der Waals surface area contributed by atoms with Gasteiger partial charge >= 0.3 is 17.9 Å². The molecule has 1 amide bonds. The summed E-state index contributed by atoms with van der Waals surface area (Å²) in [5, 5.41) is 2.44. The van der Waals surface area contributed by atoms with Crippen LogP contribution in [0.5, 0.6) is 0 Å². The van der Waals surface area contributed by atoms with Crippen molar-refractivity contribution in [1.29, 1.82) is 0 Å². The van der Waals surface area contributed by atoms with E-state index >= 15 is 0 Å². The number of hydrogen-bond acceptors (Lipinski definition) is 11. The maximum atomic E-state index is 12.6. The summed E-state index contributed by atoms with van der Waals surface area (Å²) in [7, 11) is 0. The summed E-state index contributed by atoms with van der Waals surface area (Å²) in [4.78, 5) is 61.3. The molecule has 4 atom stereocenters. The number of hydrogen-bond donors (Lipinski definition) is 1. The Kier molecular flexibility index (Phi) is 7.88. The highest BCUT2D eigenvalue weighted by Gasteiger charge is 2.50. The average molecular weight is 552 g/mol. The average Bonchev–Trinajstić information content (AvgIpc) is 3.55. The molecule has 0 radical (unpaired) electrons. The van der Waals surface area contributed by atoms with Crippen LogP contribution in [0.3, 0.4) is 0 Å². The number of cyclic esters (lactones) is 1. The lowest BCUT2D eigenvalue weighted by atomic mass is 9.99. The Labute approximate surface area is 223 Å². The fourth-order valence-electron chi connectivity index (χ4n) is 4.09. The largest absolute Gasteiger partial charge is 0.462 e. The van der Waals surface area contributed by atoms with Gasteiger partial charge in [0.2, 0.25) is 5.28 Å². The lowest BCUT2D eigenvalue weighted by Gasteiger charge is -2.30. The molecule has 4 rings (SSSR count). The van der Waals surface area contributed by atoms with E-state index in [4.69, 9.17) is 30.5 Å². The molecule has 2 aliphatic heterocycles. The molecule has 2 saturated heterocycles. The number of rotatable bonds is 8. The van der Waals surface area contributed by atoms with Crippen LogP contribution in [0.4, 0.5) is 5.82 Å².